The molecule has 2 atom stereocenters. The lowest BCUT2D eigenvalue weighted by atomic mass is 9.89. The quantitative estimate of drug-likeness (QED) is 0.923. The average molecular weight is 319 g/mol. The van der Waals surface area contributed by atoms with E-state index in [-0.39, 0.29) is 0 Å². The number of ether oxygens (including phenoxy) is 1. The Kier molecular flexibility index (Phi) is 4.86. The number of halogens is 2. The van der Waals surface area contributed by atoms with Crippen molar-refractivity contribution in [3.63, 3.8) is 0 Å². The summed E-state index contributed by atoms with van der Waals surface area (Å²) in [6.07, 6.45) is 2.05. The molecule has 2 rings (SSSR count). The molecule has 0 amide bonds. The van der Waals surface area contributed by atoms with Crippen LogP contribution in [-0.4, -0.2) is 26.3 Å². The third-order valence-corrected chi connectivity index (χ3v) is 4.19. The predicted molar refractivity (Wildman–Crippen MR) is 74.6 cm³/mol. The molecule has 1 aromatic carbocycles. The minimum Gasteiger partial charge on any atom is -0.381 e. The molecule has 94 valence electrons. The van der Waals surface area contributed by atoms with E-state index in [0.29, 0.717) is 12.0 Å². The number of rotatable bonds is 3. The second-order valence-corrected chi connectivity index (χ2v) is 5.78. The second-order valence-electron chi connectivity index (χ2n) is 4.46. The molecule has 0 aliphatic carbocycles. The summed E-state index contributed by atoms with van der Waals surface area (Å²) in [5, 5.41) is 4.21. The number of nitrogens with one attached hydrogen (secondary N) is 1. The summed E-state index contributed by atoms with van der Waals surface area (Å²) in [5.74, 6) is 0.507. The SMILES string of the molecule is CNC1CCOCC1Cc1ccc(Br)cc1Cl. The van der Waals surface area contributed by atoms with Crippen molar-refractivity contribution in [1.29, 1.82) is 0 Å². The van der Waals surface area contributed by atoms with Gasteiger partial charge in [0.05, 0.1) is 6.61 Å². The molecule has 0 spiro atoms. The highest BCUT2D eigenvalue weighted by Gasteiger charge is 2.25. The maximum Gasteiger partial charge on any atom is 0.0512 e. The van der Waals surface area contributed by atoms with Crippen molar-refractivity contribution in [2.24, 2.45) is 5.92 Å². The fraction of sp³-hybridized carbons (Fsp3) is 0.538. The monoisotopic (exact) mass is 317 g/mol. The Hall–Kier alpha value is -0.0900. The third-order valence-electron chi connectivity index (χ3n) is 3.34. The molecule has 0 radical (unpaired) electrons. The fourth-order valence-electron chi connectivity index (χ4n) is 2.35. The van der Waals surface area contributed by atoms with Gasteiger partial charge in [-0.05, 0) is 37.6 Å². The molecule has 1 heterocycles. The maximum atomic E-state index is 6.25. The standard InChI is InChI=1S/C13H17BrClNO/c1-16-13-4-5-17-8-10(13)6-9-2-3-11(14)7-12(9)15/h2-3,7,10,13,16H,4-6,8H2,1H3. The van der Waals surface area contributed by atoms with Crippen LogP contribution in [0.3, 0.4) is 0 Å². The van der Waals surface area contributed by atoms with E-state index in [0.717, 1.165) is 35.6 Å². The van der Waals surface area contributed by atoms with Gasteiger partial charge in [-0.15, -0.1) is 0 Å². The zero-order chi connectivity index (χ0) is 12.3. The Morgan fingerprint density at radius 3 is 3.06 bits per heavy atom. The first kappa shape index (κ1) is 13.3. The average Bonchev–Trinajstić information content (AvgIpc) is 2.33. The highest BCUT2D eigenvalue weighted by atomic mass is 79.9. The summed E-state index contributed by atoms with van der Waals surface area (Å²) in [4.78, 5) is 0. The van der Waals surface area contributed by atoms with Crippen LogP contribution in [0.4, 0.5) is 0 Å². The van der Waals surface area contributed by atoms with Gasteiger partial charge in [0.2, 0.25) is 0 Å². The van der Waals surface area contributed by atoms with Crippen LogP contribution in [-0.2, 0) is 11.2 Å². The van der Waals surface area contributed by atoms with Crippen molar-refractivity contribution < 1.29 is 4.74 Å². The van der Waals surface area contributed by atoms with Gasteiger partial charge in [0.15, 0.2) is 0 Å². The number of hydrogen-bond donors (Lipinski definition) is 1. The van der Waals surface area contributed by atoms with Crippen molar-refractivity contribution in [2.45, 2.75) is 18.9 Å². The van der Waals surface area contributed by atoms with E-state index in [1.807, 2.05) is 19.2 Å². The molecular weight excluding hydrogens is 302 g/mol. The van der Waals surface area contributed by atoms with Crippen LogP contribution in [0, 0.1) is 5.92 Å². The smallest absolute Gasteiger partial charge is 0.0512 e. The zero-order valence-electron chi connectivity index (χ0n) is 9.88. The van der Waals surface area contributed by atoms with Crippen LogP contribution in [0.5, 0.6) is 0 Å². The minimum absolute atomic E-state index is 0.507. The normalized spacial score (nSPS) is 24.9. The largest absolute Gasteiger partial charge is 0.381 e. The first-order chi connectivity index (χ1) is 8.20. The zero-order valence-corrected chi connectivity index (χ0v) is 12.2. The summed E-state index contributed by atoms with van der Waals surface area (Å²) in [7, 11) is 2.02. The summed E-state index contributed by atoms with van der Waals surface area (Å²) in [6, 6.07) is 6.62. The summed E-state index contributed by atoms with van der Waals surface area (Å²) >= 11 is 9.67. The molecule has 0 aromatic heterocycles. The molecule has 1 saturated heterocycles. The second kappa shape index (κ2) is 6.19. The third kappa shape index (κ3) is 3.44. The van der Waals surface area contributed by atoms with Crippen molar-refractivity contribution in [2.75, 3.05) is 20.3 Å². The van der Waals surface area contributed by atoms with Gasteiger partial charge >= 0.3 is 0 Å². The molecule has 17 heavy (non-hydrogen) atoms. The topological polar surface area (TPSA) is 21.3 Å². The molecule has 1 N–H and O–H groups in total. The molecule has 0 saturated carbocycles. The lowest BCUT2D eigenvalue weighted by Gasteiger charge is -2.31. The van der Waals surface area contributed by atoms with Crippen molar-refractivity contribution in [3.8, 4) is 0 Å². The highest BCUT2D eigenvalue weighted by Crippen LogP contribution is 2.26. The van der Waals surface area contributed by atoms with Crippen molar-refractivity contribution >= 4 is 27.5 Å². The molecule has 0 bridgehead atoms. The van der Waals surface area contributed by atoms with E-state index in [4.69, 9.17) is 16.3 Å². The van der Waals surface area contributed by atoms with Crippen molar-refractivity contribution in [1.82, 2.24) is 5.32 Å². The van der Waals surface area contributed by atoms with Gasteiger partial charge in [-0.2, -0.15) is 0 Å². The van der Waals surface area contributed by atoms with E-state index >= 15 is 0 Å². The van der Waals surface area contributed by atoms with Gasteiger partial charge in [-0.1, -0.05) is 33.6 Å². The molecule has 4 heteroatoms. The van der Waals surface area contributed by atoms with Gasteiger partial charge in [0, 0.05) is 28.1 Å². The molecule has 1 aromatic rings. The lowest BCUT2D eigenvalue weighted by molar-refractivity contribution is 0.0342. The van der Waals surface area contributed by atoms with Crippen LogP contribution in [0.2, 0.25) is 5.02 Å². The van der Waals surface area contributed by atoms with E-state index in [2.05, 4.69) is 27.3 Å². The van der Waals surface area contributed by atoms with Crippen LogP contribution < -0.4 is 5.32 Å². The van der Waals surface area contributed by atoms with Crippen LogP contribution in [0.25, 0.3) is 0 Å². The van der Waals surface area contributed by atoms with Crippen LogP contribution in [0.1, 0.15) is 12.0 Å². The molecule has 1 aliphatic rings. The van der Waals surface area contributed by atoms with Crippen LogP contribution in [0.15, 0.2) is 22.7 Å². The van der Waals surface area contributed by atoms with Gasteiger partial charge in [0.1, 0.15) is 0 Å². The van der Waals surface area contributed by atoms with E-state index in [9.17, 15) is 0 Å². The molecular formula is C13H17BrClNO. The summed E-state index contributed by atoms with van der Waals surface area (Å²) in [5.41, 5.74) is 1.20. The maximum absolute atomic E-state index is 6.25. The first-order valence-electron chi connectivity index (χ1n) is 5.89. The number of hydrogen-bond acceptors (Lipinski definition) is 2. The minimum atomic E-state index is 0.507. The fourth-order valence-corrected chi connectivity index (χ4v) is 3.10. The Morgan fingerprint density at radius 1 is 1.53 bits per heavy atom. The van der Waals surface area contributed by atoms with Gasteiger partial charge in [0.25, 0.3) is 0 Å². The van der Waals surface area contributed by atoms with Crippen LogP contribution >= 0.6 is 27.5 Å². The first-order valence-corrected chi connectivity index (χ1v) is 7.06. The van der Waals surface area contributed by atoms with E-state index < -0.39 is 0 Å². The highest BCUT2D eigenvalue weighted by molar-refractivity contribution is 9.10. The van der Waals surface area contributed by atoms with Gasteiger partial charge < -0.3 is 10.1 Å². The Balaban J connectivity index is 2.08. The Bertz CT molecular complexity index is 386. The molecule has 2 nitrogen and oxygen atoms in total. The number of benzene rings is 1. The summed E-state index contributed by atoms with van der Waals surface area (Å²) in [6.45, 7) is 1.67. The Morgan fingerprint density at radius 2 is 2.35 bits per heavy atom. The predicted octanol–water partition coefficient (Wildman–Crippen LogP) is 3.27. The van der Waals surface area contributed by atoms with E-state index in [1.54, 1.807) is 0 Å². The van der Waals surface area contributed by atoms with Gasteiger partial charge in [-0.3, -0.25) is 0 Å². The Labute approximate surface area is 116 Å². The van der Waals surface area contributed by atoms with E-state index in [1.165, 1.54) is 5.56 Å². The summed E-state index contributed by atoms with van der Waals surface area (Å²) < 4.78 is 6.58. The molecule has 1 fully saturated rings. The molecule has 2 unspecified atom stereocenters. The molecule has 1 aliphatic heterocycles. The van der Waals surface area contributed by atoms with Crippen molar-refractivity contribution in [3.05, 3.63) is 33.3 Å². The lowest BCUT2D eigenvalue weighted by Crippen LogP contribution is -2.41. The van der Waals surface area contributed by atoms with Gasteiger partial charge in [-0.25, -0.2) is 0 Å².